The monoisotopic (exact) mass is 301 g/mol. The molecule has 1 aliphatic carbocycles. The number of benzene rings is 1. The van der Waals surface area contributed by atoms with Gasteiger partial charge in [-0.15, -0.1) is 0 Å². The molecule has 1 fully saturated rings. The minimum absolute atomic E-state index is 0.0402. The van der Waals surface area contributed by atoms with Crippen LogP contribution in [-0.4, -0.2) is 28.6 Å². The van der Waals surface area contributed by atoms with E-state index in [1.54, 1.807) is 11.8 Å². The minimum atomic E-state index is -1.47. The normalized spacial score (nSPS) is 22.6. The standard InChI is InChI=1S/C14H17F2NO2S/c1-20-11-5-3-2-4-9(11)17-10-7-6-8(14(18)19)12(15)13(10)16/h6-7,9,11,17H,2-5H2,1H3,(H,18,19). The highest BCUT2D eigenvalue weighted by Gasteiger charge is 2.26. The Bertz CT molecular complexity index is 510. The van der Waals surface area contributed by atoms with E-state index in [9.17, 15) is 13.6 Å². The van der Waals surface area contributed by atoms with Gasteiger partial charge in [0.25, 0.3) is 0 Å². The summed E-state index contributed by atoms with van der Waals surface area (Å²) in [7, 11) is 0. The summed E-state index contributed by atoms with van der Waals surface area (Å²) in [5.41, 5.74) is -0.600. The van der Waals surface area contributed by atoms with Gasteiger partial charge in [0.15, 0.2) is 11.6 Å². The number of carboxylic acid groups (broad SMARTS) is 1. The second-order valence-corrected chi connectivity index (χ2v) is 5.98. The molecular formula is C14H17F2NO2S. The number of carbonyl (C=O) groups is 1. The van der Waals surface area contributed by atoms with Crippen LogP contribution in [0.15, 0.2) is 12.1 Å². The van der Waals surface area contributed by atoms with Gasteiger partial charge in [0.1, 0.15) is 0 Å². The van der Waals surface area contributed by atoms with Gasteiger partial charge in [-0.05, 0) is 31.2 Å². The first-order chi connectivity index (χ1) is 9.54. The van der Waals surface area contributed by atoms with Crippen molar-refractivity contribution < 1.29 is 18.7 Å². The van der Waals surface area contributed by atoms with Crippen LogP contribution < -0.4 is 5.32 Å². The summed E-state index contributed by atoms with van der Waals surface area (Å²) in [6, 6.07) is 2.48. The third-order valence-electron chi connectivity index (χ3n) is 3.66. The Hall–Kier alpha value is -1.30. The van der Waals surface area contributed by atoms with Gasteiger partial charge in [0, 0.05) is 11.3 Å². The molecule has 2 atom stereocenters. The van der Waals surface area contributed by atoms with Crippen LogP contribution in [-0.2, 0) is 0 Å². The quantitative estimate of drug-likeness (QED) is 0.889. The maximum absolute atomic E-state index is 13.9. The highest BCUT2D eigenvalue weighted by atomic mass is 32.2. The van der Waals surface area contributed by atoms with E-state index < -0.39 is 23.2 Å². The Morgan fingerprint density at radius 2 is 2.00 bits per heavy atom. The van der Waals surface area contributed by atoms with E-state index in [4.69, 9.17) is 5.11 Å². The number of carboxylic acids is 1. The first kappa shape index (κ1) is 15.1. The van der Waals surface area contributed by atoms with Crippen molar-refractivity contribution in [2.75, 3.05) is 11.6 Å². The number of anilines is 1. The van der Waals surface area contributed by atoms with E-state index in [0.717, 1.165) is 31.7 Å². The number of rotatable bonds is 4. The lowest BCUT2D eigenvalue weighted by Crippen LogP contribution is -2.34. The third-order valence-corrected chi connectivity index (χ3v) is 4.83. The van der Waals surface area contributed by atoms with Crippen LogP contribution in [0.3, 0.4) is 0 Å². The lowest BCUT2D eigenvalue weighted by molar-refractivity contribution is 0.0690. The van der Waals surface area contributed by atoms with Crippen molar-refractivity contribution >= 4 is 23.4 Å². The minimum Gasteiger partial charge on any atom is -0.478 e. The molecule has 0 spiro atoms. The van der Waals surface area contributed by atoms with Crippen molar-refractivity contribution in [2.45, 2.75) is 37.0 Å². The van der Waals surface area contributed by atoms with E-state index in [-0.39, 0.29) is 11.7 Å². The van der Waals surface area contributed by atoms with E-state index in [1.807, 2.05) is 6.26 Å². The van der Waals surface area contributed by atoms with Crippen LogP contribution in [0.5, 0.6) is 0 Å². The van der Waals surface area contributed by atoms with Gasteiger partial charge in [0.2, 0.25) is 0 Å². The Morgan fingerprint density at radius 1 is 1.30 bits per heavy atom. The Morgan fingerprint density at radius 3 is 2.65 bits per heavy atom. The molecule has 2 unspecified atom stereocenters. The van der Waals surface area contributed by atoms with Crippen LogP contribution >= 0.6 is 11.8 Å². The second kappa shape index (κ2) is 6.43. The molecule has 1 aromatic carbocycles. The summed E-state index contributed by atoms with van der Waals surface area (Å²) in [5.74, 6) is -3.89. The number of hydrogen-bond acceptors (Lipinski definition) is 3. The SMILES string of the molecule is CSC1CCCCC1Nc1ccc(C(=O)O)c(F)c1F. The molecule has 0 bridgehead atoms. The number of nitrogens with one attached hydrogen (secondary N) is 1. The van der Waals surface area contributed by atoms with Gasteiger partial charge < -0.3 is 10.4 Å². The van der Waals surface area contributed by atoms with Crippen LogP contribution in [0.25, 0.3) is 0 Å². The molecule has 2 rings (SSSR count). The summed E-state index contributed by atoms with van der Waals surface area (Å²) in [6.45, 7) is 0. The summed E-state index contributed by atoms with van der Waals surface area (Å²) in [4.78, 5) is 10.7. The second-order valence-electron chi connectivity index (χ2n) is 4.90. The van der Waals surface area contributed by atoms with E-state index in [2.05, 4.69) is 5.32 Å². The number of hydrogen-bond donors (Lipinski definition) is 2. The molecule has 0 saturated heterocycles. The van der Waals surface area contributed by atoms with Crippen molar-refractivity contribution in [3.05, 3.63) is 29.3 Å². The van der Waals surface area contributed by atoms with Crippen LogP contribution in [0.2, 0.25) is 0 Å². The molecule has 0 aromatic heterocycles. The summed E-state index contributed by atoms with van der Waals surface area (Å²) in [5, 5.41) is 12.1. The Balaban J connectivity index is 2.21. The van der Waals surface area contributed by atoms with Crippen LogP contribution in [0.4, 0.5) is 14.5 Å². The maximum Gasteiger partial charge on any atom is 0.338 e. The molecule has 0 aliphatic heterocycles. The predicted octanol–water partition coefficient (Wildman–Crippen LogP) is 3.75. The fourth-order valence-electron chi connectivity index (χ4n) is 2.57. The van der Waals surface area contributed by atoms with Crippen molar-refractivity contribution in [3.8, 4) is 0 Å². The maximum atomic E-state index is 13.9. The highest BCUT2D eigenvalue weighted by Crippen LogP contribution is 2.31. The molecular weight excluding hydrogens is 284 g/mol. The van der Waals surface area contributed by atoms with Gasteiger partial charge in [-0.3, -0.25) is 0 Å². The van der Waals surface area contributed by atoms with Gasteiger partial charge in [-0.2, -0.15) is 11.8 Å². The largest absolute Gasteiger partial charge is 0.478 e. The number of thioether (sulfide) groups is 1. The lowest BCUT2D eigenvalue weighted by atomic mass is 9.94. The Kier molecular flexibility index (Phi) is 4.86. The third kappa shape index (κ3) is 3.06. The molecule has 1 aromatic rings. The lowest BCUT2D eigenvalue weighted by Gasteiger charge is -2.31. The molecule has 20 heavy (non-hydrogen) atoms. The average molecular weight is 301 g/mol. The van der Waals surface area contributed by atoms with E-state index in [0.29, 0.717) is 5.25 Å². The molecule has 110 valence electrons. The topological polar surface area (TPSA) is 49.3 Å². The molecule has 1 aliphatic rings. The molecule has 6 heteroatoms. The molecule has 3 nitrogen and oxygen atoms in total. The first-order valence-electron chi connectivity index (χ1n) is 6.55. The summed E-state index contributed by atoms with van der Waals surface area (Å²) < 4.78 is 27.5. The molecule has 0 radical (unpaired) electrons. The van der Waals surface area contributed by atoms with Gasteiger partial charge >= 0.3 is 5.97 Å². The zero-order valence-electron chi connectivity index (χ0n) is 11.2. The smallest absolute Gasteiger partial charge is 0.338 e. The summed E-state index contributed by atoms with van der Waals surface area (Å²) in [6.07, 6.45) is 6.18. The first-order valence-corrected chi connectivity index (χ1v) is 7.84. The van der Waals surface area contributed by atoms with E-state index >= 15 is 0 Å². The molecule has 0 amide bonds. The molecule has 1 saturated carbocycles. The predicted molar refractivity (Wildman–Crippen MR) is 76.5 cm³/mol. The molecule has 2 N–H and O–H groups in total. The van der Waals surface area contributed by atoms with Gasteiger partial charge in [0.05, 0.1) is 11.3 Å². The van der Waals surface area contributed by atoms with Crippen molar-refractivity contribution in [1.82, 2.24) is 0 Å². The van der Waals surface area contributed by atoms with Crippen LogP contribution in [0, 0.1) is 11.6 Å². The molecule has 0 heterocycles. The number of aromatic carboxylic acids is 1. The number of halogens is 2. The highest BCUT2D eigenvalue weighted by molar-refractivity contribution is 7.99. The van der Waals surface area contributed by atoms with Crippen molar-refractivity contribution in [2.24, 2.45) is 0 Å². The average Bonchev–Trinajstić information content (AvgIpc) is 2.44. The van der Waals surface area contributed by atoms with Crippen molar-refractivity contribution in [3.63, 3.8) is 0 Å². The van der Waals surface area contributed by atoms with Crippen LogP contribution in [0.1, 0.15) is 36.0 Å². The Labute approximate surface area is 120 Å². The fourth-order valence-corrected chi connectivity index (χ4v) is 3.50. The van der Waals surface area contributed by atoms with E-state index in [1.165, 1.54) is 6.07 Å². The van der Waals surface area contributed by atoms with Gasteiger partial charge in [-0.25, -0.2) is 13.6 Å². The zero-order valence-corrected chi connectivity index (χ0v) is 12.0. The fraction of sp³-hybridized carbons (Fsp3) is 0.500. The zero-order chi connectivity index (χ0) is 14.7. The summed E-state index contributed by atoms with van der Waals surface area (Å²) >= 11 is 1.72. The van der Waals surface area contributed by atoms with Gasteiger partial charge in [-0.1, -0.05) is 12.8 Å². The van der Waals surface area contributed by atoms with Crippen molar-refractivity contribution in [1.29, 1.82) is 0 Å².